The van der Waals surface area contributed by atoms with E-state index in [0.29, 0.717) is 24.2 Å². The van der Waals surface area contributed by atoms with E-state index >= 15 is 0 Å². The van der Waals surface area contributed by atoms with Gasteiger partial charge in [-0.25, -0.2) is 4.79 Å². The molecule has 0 radical (unpaired) electrons. The molecule has 0 aliphatic heterocycles. The topological polar surface area (TPSA) is 85.2 Å². The van der Waals surface area contributed by atoms with Gasteiger partial charge in [0.1, 0.15) is 0 Å². The van der Waals surface area contributed by atoms with Gasteiger partial charge in [-0.15, -0.1) is 0 Å². The highest BCUT2D eigenvalue weighted by Gasteiger charge is 2.12. The first-order valence-corrected chi connectivity index (χ1v) is 7.43. The Balaban J connectivity index is 1.92. The van der Waals surface area contributed by atoms with Gasteiger partial charge in [0.15, 0.2) is 0 Å². The molecule has 5 heteroatoms. The van der Waals surface area contributed by atoms with E-state index in [1.165, 1.54) is 0 Å². The maximum atomic E-state index is 12.0. The summed E-state index contributed by atoms with van der Waals surface area (Å²) in [5.41, 5.74) is 2.14. The van der Waals surface area contributed by atoms with Crippen molar-refractivity contribution in [2.75, 3.05) is 18.5 Å². The van der Waals surface area contributed by atoms with E-state index in [-0.39, 0.29) is 18.6 Å². The molecule has 23 heavy (non-hydrogen) atoms. The molecule has 2 aromatic rings. The largest absolute Gasteiger partial charge is 0.396 e. The fourth-order valence-corrected chi connectivity index (χ4v) is 2.33. The number of amides is 2. The number of nitrogens with one attached hydrogen (secondary N) is 2. The van der Waals surface area contributed by atoms with Gasteiger partial charge in [-0.05, 0) is 30.2 Å². The number of benzene rings is 2. The summed E-state index contributed by atoms with van der Waals surface area (Å²) in [6, 6.07) is 18.2. The molecule has 2 aromatic carbocycles. The second-order valence-corrected chi connectivity index (χ2v) is 5.15. The van der Waals surface area contributed by atoms with Crippen LogP contribution in [0.2, 0.25) is 0 Å². The maximum absolute atomic E-state index is 12.0. The van der Waals surface area contributed by atoms with Crippen LogP contribution in [0.25, 0.3) is 0 Å². The van der Waals surface area contributed by atoms with Gasteiger partial charge in [0, 0.05) is 24.8 Å². The molecular formula is C18H19N3O2. The van der Waals surface area contributed by atoms with Crippen LogP contribution in [0.4, 0.5) is 10.5 Å². The number of aliphatic hydroxyl groups is 1. The van der Waals surface area contributed by atoms with Gasteiger partial charge in [0.05, 0.1) is 11.6 Å². The van der Waals surface area contributed by atoms with E-state index in [1.54, 1.807) is 24.3 Å². The SMILES string of the molecule is N#Cc1cccc(NC(=O)NC[C@H](CCO)c2ccccc2)c1. The molecule has 3 N–H and O–H groups in total. The zero-order valence-electron chi connectivity index (χ0n) is 12.7. The molecule has 2 rings (SSSR count). The van der Waals surface area contributed by atoms with Crippen molar-refractivity contribution in [1.82, 2.24) is 5.32 Å². The van der Waals surface area contributed by atoms with E-state index in [0.717, 1.165) is 5.56 Å². The van der Waals surface area contributed by atoms with Crippen LogP contribution in [0.15, 0.2) is 54.6 Å². The predicted octanol–water partition coefficient (Wildman–Crippen LogP) is 2.85. The van der Waals surface area contributed by atoms with Crippen LogP contribution in [0.5, 0.6) is 0 Å². The summed E-state index contributed by atoms with van der Waals surface area (Å²) in [5.74, 6) is 0.0531. The van der Waals surface area contributed by atoms with Gasteiger partial charge in [-0.1, -0.05) is 36.4 Å². The Kier molecular flexibility index (Phi) is 6.16. The summed E-state index contributed by atoms with van der Waals surface area (Å²) in [7, 11) is 0. The lowest BCUT2D eigenvalue weighted by Gasteiger charge is -2.17. The first-order chi connectivity index (χ1) is 11.2. The lowest BCUT2D eigenvalue weighted by atomic mass is 9.96. The van der Waals surface area contributed by atoms with Gasteiger partial charge in [-0.2, -0.15) is 5.26 Å². The van der Waals surface area contributed by atoms with Gasteiger partial charge >= 0.3 is 6.03 Å². The average Bonchev–Trinajstić information content (AvgIpc) is 2.59. The molecule has 0 aliphatic carbocycles. The Morgan fingerprint density at radius 2 is 1.96 bits per heavy atom. The number of rotatable bonds is 6. The van der Waals surface area contributed by atoms with Crippen molar-refractivity contribution >= 4 is 11.7 Å². The Morgan fingerprint density at radius 1 is 1.17 bits per heavy atom. The maximum Gasteiger partial charge on any atom is 0.319 e. The molecule has 0 heterocycles. The molecule has 0 spiro atoms. The average molecular weight is 309 g/mol. The number of anilines is 1. The van der Waals surface area contributed by atoms with Crippen molar-refractivity contribution in [2.24, 2.45) is 0 Å². The molecule has 2 amide bonds. The minimum Gasteiger partial charge on any atom is -0.396 e. The van der Waals surface area contributed by atoms with Crippen LogP contribution in [0, 0.1) is 11.3 Å². The van der Waals surface area contributed by atoms with Gasteiger partial charge in [0.25, 0.3) is 0 Å². The van der Waals surface area contributed by atoms with E-state index in [4.69, 9.17) is 5.26 Å². The third-order valence-corrected chi connectivity index (χ3v) is 3.51. The first-order valence-electron chi connectivity index (χ1n) is 7.43. The second-order valence-electron chi connectivity index (χ2n) is 5.15. The molecule has 0 saturated heterocycles. The van der Waals surface area contributed by atoms with Crippen LogP contribution in [-0.4, -0.2) is 24.3 Å². The van der Waals surface area contributed by atoms with E-state index in [9.17, 15) is 9.90 Å². The van der Waals surface area contributed by atoms with Gasteiger partial charge < -0.3 is 15.7 Å². The van der Waals surface area contributed by atoms with Crippen molar-refractivity contribution in [3.63, 3.8) is 0 Å². The summed E-state index contributed by atoms with van der Waals surface area (Å²) in [6.45, 7) is 0.488. The minimum atomic E-state index is -0.334. The van der Waals surface area contributed by atoms with Gasteiger partial charge in [0.2, 0.25) is 0 Å². The summed E-state index contributed by atoms with van der Waals surface area (Å²) in [4.78, 5) is 12.0. The molecule has 0 fully saturated rings. The third-order valence-electron chi connectivity index (χ3n) is 3.51. The highest BCUT2D eigenvalue weighted by atomic mass is 16.3. The Morgan fingerprint density at radius 3 is 2.65 bits per heavy atom. The fraction of sp³-hybridized carbons (Fsp3) is 0.222. The normalized spacial score (nSPS) is 11.3. The van der Waals surface area contributed by atoms with Crippen LogP contribution in [0.1, 0.15) is 23.5 Å². The number of nitrogens with zero attached hydrogens (tertiary/aromatic N) is 1. The molecule has 118 valence electrons. The van der Waals surface area contributed by atoms with E-state index in [1.807, 2.05) is 36.4 Å². The lowest BCUT2D eigenvalue weighted by Crippen LogP contribution is -2.32. The second kappa shape index (κ2) is 8.57. The molecule has 1 atom stereocenters. The van der Waals surface area contributed by atoms with Crippen LogP contribution in [0.3, 0.4) is 0 Å². The lowest BCUT2D eigenvalue weighted by molar-refractivity contribution is 0.248. The number of aliphatic hydroxyl groups excluding tert-OH is 1. The van der Waals surface area contributed by atoms with Crippen molar-refractivity contribution in [3.05, 3.63) is 65.7 Å². The van der Waals surface area contributed by atoms with Crippen LogP contribution < -0.4 is 10.6 Å². The van der Waals surface area contributed by atoms with E-state index in [2.05, 4.69) is 10.6 Å². The third kappa shape index (κ3) is 5.13. The number of urea groups is 1. The molecule has 0 saturated carbocycles. The minimum absolute atomic E-state index is 0.0531. The molecule has 0 aromatic heterocycles. The Labute approximate surface area is 135 Å². The fourth-order valence-electron chi connectivity index (χ4n) is 2.33. The van der Waals surface area contributed by atoms with Crippen molar-refractivity contribution < 1.29 is 9.90 Å². The standard InChI is InChI=1S/C18H19N3O2/c19-12-14-5-4-8-17(11-14)21-18(23)20-13-16(9-10-22)15-6-2-1-3-7-15/h1-8,11,16,22H,9-10,13H2,(H2,20,21,23)/t16-/m0/s1. The summed E-state index contributed by atoms with van der Waals surface area (Å²) in [5, 5.41) is 23.6. The Hall–Kier alpha value is -2.84. The zero-order valence-corrected chi connectivity index (χ0v) is 12.7. The predicted molar refractivity (Wildman–Crippen MR) is 89.1 cm³/mol. The van der Waals surface area contributed by atoms with Crippen molar-refractivity contribution in [3.8, 4) is 6.07 Å². The molecule has 0 unspecified atom stereocenters. The summed E-state index contributed by atoms with van der Waals surface area (Å²) < 4.78 is 0. The number of carbonyl (C=O) groups is 1. The number of hydrogen-bond acceptors (Lipinski definition) is 3. The molecular weight excluding hydrogens is 290 g/mol. The Bertz CT molecular complexity index is 680. The number of carbonyl (C=O) groups excluding carboxylic acids is 1. The summed E-state index contributed by atoms with van der Waals surface area (Å²) >= 11 is 0. The van der Waals surface area contributed by atoms with Gasteiger partial charge in [-0.3, -0.25) is 0 Å². The van der Waals surface area contributed by atoms with Crippen molar-refractivity contribution in [2.45, 2.75) is 12.3 Å². The smallest absolute Gasteiger partial charge is 0.319 e. The molecule has 0 bridgehead atoms. The molecule has 5 nitrogen and oxygen atoms in total. The van der Waals surface area contributed by atoms with Crippen LogP contribution >= 0.6 is 0 Å². The quantitative estimate of drug-likeness (QED) is 0.767. The monoisotopic (exact) mass is 309 g/mol. The highest BCUT2D eigenvalue weighted by molar-refractivity contribution is 5.89. The van der Waals surface area contributed by atoms with Crippen molar-refractivity contribution in [1.29, 1.82) is 5.26 Å². The number of hydrogen-bond donors (Lipinski definition) is 3. The van der Waals surface area contributed by atoms with E-state index < -0.39 is 0 Å². The highest BCUT2D eigenvalue weighted by Crippen LogP contribution is 2.18. The molecule has 0 aliphatic rings. The number of nitriles is 1. The zero-order chi connectivity index (χ0) is 16.5. The van der Waals surface area contributed by atoms with Crippen LogP contribution in [-0.2, 0) is 0 Å². The summed E-state index contributed by atoms with van der Waals surface area (Å²) in [6.07, 6.45) is 0.578. The first kappa shape index (κ1) is 16.5.